The SMILES string of the molecule is COC(=O)c1cn(-c2cnc(N3CCC(F)(F)CC3)c(F)c2)nn1.O=C(O)c1cn(-c2cnc(N3CCC(F)(F)CC3)c(F)c2)nn1. The number of pyridine rings is 2. The highest BCUT2D eigenvalue weighted by atomic mass is 19.3. The van der Waals surface area contributed by atoms with Crippen molar-refractivity contribution in [3.63, 3.8) is 0 Å². The first kappa shape index (κ1) is 33.1. The van der Waals surface area contributed by atoms with Crippen molar-refractivity contribution in [2.45, 2.75) is 37.5 Å². The summed E-state index contributed by atoms with van der Waals surface area (Å²) < 4.78 is 87.9. The van der Waals surface area contributed by atoms with E-state index in [1.54, 1.807) is 0 Å². The molecule has 20 heteroatoms. The van der Waals surface area contributed by atoms with Crippen LogP contribution in [-0.2, 0) is 4.74 Å². The maximum atomic E-state index is 14.3. The van der Waals surface area contributed by atoms with E-state index in [4.69, 9.17) is 5.11 Å². The van der Waals surface area contributed by atoms with Gasteiger partial charge in [0.25, 0.3) is 11.8 Å². The van der Waals surface area contributed by atoms with Crippen LogP contribution in [0.3, 0.4) is 0 Å². The lowest BCUT2D eigenvalue weighted by atomic mass is 10.1. The Kier molecular flexibility index (Phi) is 9.29. The number of carbonyl (C=O) groups is 2. The van der Waals surface area contributed by atoms with Gasteiger partial charge in [0, 0.05) is 64.0 Å². The van der Waals surface area contributed by atoms with E-state index < -0.39 is 35.4 Å². The van der Waals surface area contributed by atoms with Crippen LogP contribution in [0.1, 0.15) is 46.7 Å². The molecule has 2 aliphatic heterocycles. The number of carboxylic acid groups (broad SMARTS) is 1. The molecule has 1 N–H and O–H groups in total. The molecule has 0 spiro atoms. The number of hydrogen-bond acceptors (Lipinski definition) is 11. The van der Waals surface area contributed by atoms with Crippen molar-refractivity contribution >= 4 is 23.6 Å². The van der Waals surface area contributed by atoms with Gasteiger partial charge in [0.2, 0.25) is 0 Å². The molecule has 2 fully saturated rings. The fourth-order valence-corrected chi connectivity index (χ4v) is 4.72. The molecule has 250 valence electrons. The zero-order valence-electron chi connectivity index (χ0n) is 24.5. The van der Waals surface area contributed by atoms with Crippen molar-refractivity contribution in [1.29, 1.82) is 0 Å². The molecule has 6 rings (SSSR count). The summed E-state index contributed by atoms with van der Waals surface area (Å²) in [6, 6.07) is 2.26. The molecular weight excluding hydrogens is 642 g/mol. The fraction of sp³-hybridized carbons (Fsp3) is 0.407. The van der Waals surface area contributed by atoms with Crippen molar-refractivity contribution in [3.05, 3.63) is 59.9 Å². The van der Waals surface area contributed by atoms with Gasteiger partial charge in [-0.1, -0.05) is 10.4 Å². The van der Waals surface area contributed by atoms with Crippen LogP contribution < -0.4 is 9.80 Å². The Hall–Kier alpha value is -5.30. The second-order valence-electron chi connectivity index (χ2n) is 10.6. The lowest BCUT2D eigenvalue weighted by molar-refractivity contribution is -0.0228. The minimum atomic E-state index is -2.72. The van der Waals surface area contributed by atoms with Crippen LogP contribution >= 0.6 is 0 Å². The molecule has 2 aliphatic rings. The highest BCUT2D eigenvalue weighted by Crippen LogP contribution is 2.32. The zero-order valence-corrected chi connectivity index (χ0v) is 24.5. The molecule has 0 aliphatic carbocycles. The number of halogens is 6. The third kappa shape index (κ3) is 7.75. The maximum Gasteiger partial charge on any atom is 0.360 e. The van der Waals surface area contributed by atoms with Gasteiger partial charge in [0.1, 0.15) is 0 Å². The van der Waals surface area contributed by atoms with E-state index in [9.17, 15) is 35.9 Å². The monoisotopic (exact) mass is 668 g/mol. The van der Waals surface area contributed by atoms with Gasteiger partial charge in [0.15, 0.2) is 34.7 Å². The van der Waals surface area contributed by atoms with E-state index in [-0.39, 0.29) is 86.3 Å². The van der Waals surface area contributed by atoms with Crippen molar-refractivity contribution in [2.24, 2.45) is 0 Å². The normalized spacial score (nSPS) is 17.1. The smallest absolute Gasteiger partial charge is 0.360 e. The van der Waals surface area contributed by atoms with Gasteiger partial charge in [-0.25, -0.2) is 55.3 Å². The van der Waals surface area contributed by atoms with Gasteiger partial charge < -0.3 is 19.6 Å². The number of nitrogens with zero attached hydrogens (tertiary/aromatic N) is 10. The molecule has 4 aromatic heterocycles. The average molecular weight is 669 g/mol. The van der Waals surface area contributed by atoms with Crippen molar-refractivity contribution < 1.29 is 45.8 Å². The summed E-state index contributed by atoms with van der Waals surface area (Å²) in [5.74, 6) is -8.70. The Labute approximate surface area is 261 Å². The summed E-state index contributed by atoms with van der Waals surface area (Å²) in [6.45, 7) is 0.101. The van der Waals surface area contributed by atoms with E-state index in [0.29, 0.717) is 0 Å². The number of alkyl halides is 4. The van der Waals surface area contributed by atoms with E-state index in [1.165, 1.54) is 40.2 Å². The fourth-order valence-electron chi connectivity index (χ4n) is 4.72. The number of piperidine rings is 2. The highest BCUT2D eigenvalue weighted by molar-refractivity contribution is 5.86. The lowest BCUT2D eigenvalue weighted by Crippen LogP contribution is -2.40. The molecular formula is C27H26F6N10O4. The number of carboxylic acids is 1. The summed E-state index contributed by atoms with van der Waals surface area (Å²) in [5.41, 5.74) is 0.128. The summed E-state index contributed by atoms with van der Waals surface area (Å²) >= 11 is 0. The van der Waals surface area contributed by atoms with E-state index in [1.807, 2.05) is 0 Å². The first-order chi connectivity index (χ1) is 22.2. The standard InChI is InChI=1S/C14H14F3N5O2.C13H12F3N5O2/c1-24-13(23)11-8-22(20-19-11)9-6-10(15)12(18-7-9)21-4-2-14(16,17)3-5-21;14-9-5-8(21-7-10(12(22)23)18-19-21)6-17-11(9)20-3-1-13(15,16)2-4-20/h6-8H,2-5H2,1H3;5-7H,1-4H2,(H,22,23). The zero-order chi connectivity index (χ0) is 33.9. The number of anilines is 2. The van der Waals surface area contributed by atoms with Gasteiger partial charge in [0.05, 0.1) is 43.3 Å². The third-order valence-electron chi connectivity index (χ3n) is 7.33. The van der Waals surface area contributed by atoms with Crippen LogP contribution in [0.5, 0.6) is 0 Å². The number of hydrogen-bond donors (Lipinski definition) is 1. The lowest BCUT2D eigenvalue weighted by Gasteiger charge is -2.32. The average Bonchev–Trinajstić information content (AvgIpc) is 3.73. The maximum absolute atomic E-state index is 14.3. The molecule has 0 radical (unpaired) electrons. The van der Waals surface area contributed by atoms with Crippen LogP contribution in [0, 0.1) is 11.6 Å². The first-order valence-corrected chi connectivity index (χ1v) is 14.0. The first-order valence-electron chi connectivity index (χ1n) is 14.0. The van der Waals surface area contributed by atoms with Crippen molar-refractivity contribution in [2.75, 3.05) is 43.1 Å². The van der Waals surface area contributed by atoms with Crippen molar-refractivity contribution in [1.82, 2.24) is 40.0 Å². The Balaban J connectivity index is 0.000000185. The van der Waals surface area contributed by atoms with Gasteiger partial charge in [-0.3, -0.25) is 0 Å². The molecule has 0 saturated carbocycles. The number of aromatic nitrogens is 8. The molecule has 0 aromatic carbocycles. The van der Waals surface area contributed by atoms with Gasteiger partial charge >= 0.3 is 11.9 Å². The number of aromatic carboxylic acids is 1. The van der Waals surface area contributed by atoms with Crippen LogP contribution in [0.4, 0.5) is 38.0 Å². The molecule has 4 aromatic rings. The number of methoxy groups -OCH3 is 1. The second-order valence-corrected chi connectivity index (χ2v) is 10.6. The molecule has 0 bridgehead atoms. The largest absolute Gasteiger partial charge is 0.476 e. The number of esters is 1. The number of rotatable bonds is 6. The van der Waals surface area contributed by atoms with Gasteiger partial charge in [-0.2, -0.15) is 0 Å². The number of ether oxygens (including phenoxy) is 1. The topological polar surface area (TPSA) is 157 Å². The van der Waals surface area contributed by atoms with Gasteiger partial charge in [-0.05, 0) is 0 Å². The third-order valence-corrected chi connectivity index (χ3v) is 7.33. The predicted octanol–water partition coefficient (Wildman–Crippen LogP) is 3.56. The summed E-state index contributed by atoms with van der Waals surface area (Å²) in [7, 11) is 1.21. The minimum absolute atomic E-state index is 0.0113. The van der Waals surface area contributed by atoms with E-state index in [0.717, 1.165) is 23.0 Å². The van der Waals surface area contributed by atoms with Crippen molar-refractivity contribution in [3.8, 4) is 11.4 Å². The Morgan fingerprint density at radius 2 is 1.15 bits per heavy atom. The van der Waals surface area contributed by atoms with Gasteiger partial charge in [-0.15, -0.1) is 10.2 Å². The second kappa shape index (κ2) is 13.2. The van der Waals surface area contributed by atoms with Crippen LogP contribution in [0.2, 0.25) is 0 Å². The van der Waals surface area contributed by atoms with Crippen LogP contribution in [0.25, 0.3) is 11.4 Å². The van der Waals surface area contributed by atoms with Crippen LogP contribution in [0.15, 0.2) is 36.9 Å². The highest BCUT2D eigenvalue weighted by Gasteiger charge is 2.36. The van der Waals surface area contributed by atoms with E-state index in [2.05, 4.69) is 35.3 Å². The molecule has 0 unspecified atom stereocenters. The molecule has 0 amide bonds. The summed E-state index contributed by atoms with van der Waals surface area (Å²) in [5, 5.41) is 23.1. The van der Waals surface area contributed by atoms with Crippen LogP contribution in [-0.4, -0.2) is 102 Å². The quantitative estimate of drug-likeness (QED) is 0.236. The Morgan fingerprint density at radius 3 is 1.51 bits per heavy atom. The predicted molar refractivity (Wildman–Crippen MR) is 149 cm³/mol. The number of carbonyl (C=O) groups excluding carboxylic acids is 1. The summed E-state index contributed by atoms with van der Waals surface area (Å²) in [6.07, 6.45) is 3.67. The Morgan fingerprint density at radius 1 is 0.745 bits per heavy atom. The molecule has 47 heavy (non-hydrogen) atoms. The minimum Gasteiger partial charge on any atom is -0.476 e. The molecule has 6 heterocycles. The summed E-state index contributed by atoms with van der Waals surface area (Å²) in [4.78, 5) is 33.0. The molecule has 0 atom stereocenters. The Bertz CT molecular complexity index is 1750. The van der Waals surface area contributed by atoms with E-state index >= 15 is 0 Å². The molecule has 14 nitrogen and oxygen atoms in total. The molecule has 2 saturated heterocycles.